The Morgan fingerprint density at radius 1 is 0.746 bits per heavy atom. The maximum atomic E-state index is 14.8. The minimum atomic E-state index is -2.46. The second kappa shape index (κ2) is 49.8. The number of oxazole rings is 1. The van der Waals surface area contributed by atoms with E-state index in [2.05, 4.69) is 35.9 Å². The number of benzene rings is 1. The van der Waals surface area contributed by atoms with Crippen LogP contribution in [0.1, 0.15) is 183 Å². The molecule has 1 saturated carbocycles. The number of nitrogens with one attached hydrogen (secondary N) is 2. The highest BCUT2D eigenvalue weighted by Gasteiger charge is 2.53. The lowest BCUT2D eigenvalue weighted by Gasteiger charge is -2.42. The molecule has 1 aromatic carbocycles. The number of allylic oxidation sites excluding steroid dienone is 6. The number of methoxy groups -OCH3 is 3. The number of nitrogen functional groups attached to an aromatic ring is 2. The third-order valence-corrected chi connectivity index (χ3v) is 23.7. The molecule has 8 N–H and O–H groups in total. The van der Waals surface area contributed by atoms with Crippen LogP contribution in [-0.2, 0) is 100 Å². The zero-order valence-electron chi connectivity index (χ0n) is 73.1. The average Bonchev–Trinajstić information content (AvgIpc) is 1.52. The fourth-order valence-corrected chi connectivity index (χ4v) is 16.5. The van der Waals surface area contributed by atoms with E-state index in [4.69, 9.17) is 68.4 Å². The summed E-state index contributed by atoms with van der Waals surface area (Å²) in [7, 11) is 4.64. The molecule has 0 unspecified atom stereocenters. The molecule has 4 aromatic heterocycles. The number of rotatable bonds is 38. The number of aromatic nitrogens is 8. The number of anilines is 2. The first-order chi connectivity index (χ1) is 58.8. The van der Waals surface area contributed by atoms with Crippen LogP contribution >= 0.6 is 0 Å². The number of aryl methyl sites for hydroxylation is 2. The minimum Gasteiger partial charge on any atom is -0.460 e. The van der Waals surface area contributed by atoms with Crippen LogP contribution in [-0.4, -0.2) is 251 Å². The maximum Gasteiger partial charge on any atom is 0.329 e. The number of cyclic esters (lactones) is 1. The van der Waals surface area contributed by atoms with Gasteiger partial charge in [0.15, 0.2) is 17.0 Å². The number of hydrogen-bond donors (Lipinski definition) is 6. The second-order valence-corrected chi connectivity index (χ2v) is 33.2. The van der Waals surface area contributed by atoms with E-state index in [0.29, 0.717) is 195 Å². The van der Waals surface area contributed by atoms with Crippen molar-refractivity contribution in [2.45, 2.75) is 251 Å². The normalized spacial score (nSPS) is 27.1. The van der Waals surface area contributed by atoms with Crippen molar-refractivity contribution in [3.05, 3.63) is 84.0 Å². The fourth-order valence-electron chi connectivity index (χ4n) is 16.5. The van der Waals surface area contributed by atoms with Gasteiger partial charge in [0.2, 0.25) is 17.6 Å². The molecule has 33 nitrogen and oxygen atoms in total. The van der Waals surface area contributed by atoms with Crippen molar-refractivity contribution < 1.29 is 95.6 Å². The molecule has 2 bridgehead atoms. The number of unbranched alkanes of at least 4 members (excludes halogenated alkanes) is 2. The van der Waals surface area contributed by atoms with Gasteiger partial charge in [0.1, 0.15) is 53.5 Å². The standard InChI is InChI=1S/C89H133N13O20/c1-57-22-12-11-13-23-58(2)73(112-8)53-67-31-28-63(7)89(111,122-67)83(108)86(109)101-36-17-14-25-69(101)87(110)120-74(54-70(103)59(3)49-62(6)81(107)82(114-10)80(106)61(5)48-57)60(4)50-64-29-32-72(75(51-64)113-9)119-40-19-15-24-66-55-100(99-97-66)38-41-116-43-45-118-47-46-117-44-42-115-39-21-35-93-77(105)27-20-26-76(104)92-34-16-18-37-102-85-78(84(90)94-56-95-85)79(98-102)65-30-33-71-68(52-65)96-88(91)121-71/h11-13,22-23,30,33,49,52,55-57,59-61,63-64,67,69,72-75,81-82,107,111H,14-21,24-29,31-32,34-48,50-51,53-54H2,1-10H3,(H2,91,96)(H,92,104)(H,93,105)(H2,90,94,95)/b13-11+,22-12+,58-23+,62-49+/t57-,59-,60-,61-,63-,64+,67+,69+,72-,73+,74+,75-,81-,82+,89-/m1/s1. The molecule has 5 aromatic rings. The number of ether oxygens (including phenoxy) is 10. The van der Waals surface area contributed by atoms with E-state index in [9.17, 15) is 43.8 Å². The van der Waals surface area contributed by atoms with Gasteiger partial charge in [-0.05, 0) is 170 Å². The van der Waals surface area contributed by atoms with Gasteiger partial charge in [0.05, 0.1) is 88.3 Å². The average molecular weight is 1710 g/mol. The molecule has 3 aliphatic heterocycles. The molecule has 1 aliphatic carbocycles. The van der Waals surface area contributed by atoms with Crippen LogP contribution in [0, 0.1) is 35.5 Å². The smallest absolute Gasteiger partial charge is 0.329 e. The number of nitrogens with zero attached hydrogens (tertiary/aromatic N) is 9. The quantitative estimate of drug-likeness (QED) is 0.00927. The van der Waals surface area contributed by atoms with Crippen LogP contribution in [0.25, 0.3) is 33.4 Å². The largest absolute Gasteiger partial charge is 0.460 e. The zero-order chi connectivity index (χ0) is 87.7. The summed E-state index contributed by atoms with van der Waals surface area (Å²) >= 11 is 0. The Labute approximate surface area is 716 Å². The molecule has 0 spiro atoms. The molecule has 4 aliphatic rings. The lowest BCUT2D eigenvalue weighted by Crippen LogP contribution is -2.61. The van der Waals surface area contributed by atoms with Crippen LogP contribution < -0.4 is 22.1 Å². The molecule has 122 heavy (non-hydrogen) atoms. The number of hydrogen-bond acceptors (Lipinski definition) is 28. The topological polar surface area (TPSA) is 432 Å². The third kappa shape index (κ3) is 29.0. The number of carbonyl (C=O) groups is 7. The maximum absolute atomic E-state index is 14.8. The highest BCUT2D eigenvalue weighted by molar-refractivity contribution is 6.39. The Balaban J connectivity index is 0.622. The Hall–Kier alpha value is -8.61. The molecule has 3 fully saturated rings. The lowest BCUT2D eigenvalue weighted by atomic mass is 9.78. The Kier molecular flexibility index (Phi) is 39.7. The molecule has 9 rings (SSSR count). The number of fused-ring (bicyclic) bond motifs is 5. The molecular weight excluding hydrogens is 1570 g/mol. The summed E-state index contributed by atoms with van der Waals surface area (Å²) in [4.78, 5) is 111. The summed E-state index contributed by atoms with van der Waals surface area (Å²) in [5, 5.41) is 43.8. The van der Waals surface area contributed by atoms with E-state index < -0.39 is 77.8 Å². The van der Waals surface area contributed by atoms with Crippen LogP contribution in [0.15, 0.2) is 82.7 Å². The highest BCUT2D eigenvalue weighted by atomic mass is 16.6. The first kappa shape index (κ1) is 97.2. The van der Waals surface area contributed by atoms with Gasteiger partial charge in [-0.2, -0.15) is 10.1 Å². The molecule has 674 valence electrons. The molecule has 7 heterocycles. The monoisotopic (exact) mass is 1700 g/mol. The molecule has 3 amide bonds. The zero-order valence-corrected chi connectivity index (χ0v) is 73.1. The first-order valence-electron chi connectivity index (χ1n) is 43.8. The predicted octanol–water partition coefficient (Wildman–Crippen LogP) is 9.27. The number of aliphatic hydroxyl groups excluding tert-OH is 1. The number of aliphatic hydroxyl groups is 2. The van der Waals surface area contributed by atoms with E-state index in [-0.39, 0.29) is 91.6 Å². The summed E-state index contributed by atoms with van der Waals surface area (Å²) in [5.74, 6) is -8.11. The summed E-state index contributed by atoms with van der Waals surface area (Å²) in [5.41, 5.74) is 17.3. The van der Waals surface area contributed by atoms with E-state index in [0.717, 1.165) is 55.4 Å². The van der Waals surface area contributed by atoms with Gasteiger partial charge in [-0.1, -0.05) is 76.3 Å². The number of ketones is 3. The number of Topliss-reactive ketones (excluding diaryl/α,β-unsaturated/α-hetero) is 3. The van der Waals surface area contributed by atoms with Gasteiger partial charge in [0.25, 0.3) is 17.7 Å². The summed E-state index contributed by atoms with van der Waals surface area (Å²) in [6.07, 6.45) is 20.5. The van der Waals surface area contributed by atoms with Crippen molar-refractivity contribution in [2.75, 3.05) is 112 Å². The van der Waals surface area contributed by atoms with E-state index in [1.807, 2.05) is 76.4 Å². The van der Waals surface area contributed by atoms with Crippen LogP contribution in [0.4, 0.5) is 11.8 Å². The molecule has 33 heteroatoms. The minimum absolute atomic E-state index is 0.00614. The Bertz CT molecular complexity index is 4290. The Morgan fingerprint density at radius 3 is 2.20 bits per heavy atom. The lowest BCUT2D eigenvalue weighted by molar-refractivity contribution is -0.265. The predicted molar refractivity (Wildman–Crippen MR) is 456 cm³/mol. The van der Waals surface area contributed by atoms with E-state index in [1.54, 1.807) is 56.5 Å². The van der Waals surface area contributed by atoms with Crippen molar-refractivity contribution in [3.63, 3.8) is 0 Å². The van der Waals surface area contributed by atoms with Crippen molar-refractivity contribution in [1.29, 1.82) is 0 Å². The molecular formula is C89H133N13O20. The number of amides is 3. The number of nitrogens with two attached hydrogens (primary N) is 2. The molecule has 15 atom stereocenters. The van der Waals surface area contributed by atoms with Crippen molar-refractivity contribution >= 4 is 75.0 Å². The third-order valence-electron chi connectivity index (χ3n) is 23.7. The van der Waals surface area contributed by atoms with E-state index >= 15 is 0 Å². The van der Waals surface area contributed by atoms with E-state index in [1.165, 1.54) is 18.3 Å². The van der Waals surface area contributed by atoms with Gasteiger partial charge in [-0.3, -0.25) is 28.8 Å². The van der Waals surface area contributed by atoms with Crippen molar-refractivity contribution in [2.24, 2.45) is 35.5 Å². The van der Waals surface area contributed by atoms with Crippen LogP contribution in [0.5, 0.6) is 0 Å². The fraction of sp³-hybridized carbons (Fsp3) is 0.674. The van der Waals surface area contributed by atoms with Gasteiger partial charge >= 0.3 is 5.97 Å². The summed E-state index contributed by atoms with van der Waals surface area (Å²) in [6.45, 7) is 18.7. The van der Waals surface area contributed by atoms with Gasteiger partial charge in [-0.25, -0.2) is 24.1 Å². The number of carbonyl (C=O) groups excluding carboxylic acids is 7. The van der Waals surface area contributed by atoms with Crippen molar-refractivity contribution in [1.82, 2.24) is 55.3 Å². The molecule has 0 radical (unpaired) electrons. The second-order valence-electron chi connectivity index (χ2n) is 33.2. The van der Waals surface area contributed by atoms with Crippen LogP contribution in [0.2, 0.25) is 0 Å². The van der Waals surface area contributed by atoms with Crippen LogP contribution in [0.3, 0.4) is 0 Å². The SMILES string of the molecule is CO[C@H]1C[C@@H]2CC[C@@H](C)[C@@](O)(O2)C(=O)C(=O)N2CCCC[C@H]2C(=O)O[C@H]([C@H](C)C[C@@H]2CC[C@@H](OCCCCc3cn(CCOCCOCCOCCOCCCNC(=O)CCCC(=O)NCCCCn4nc(-c5ccc6oc(N)nc6c5)c5c(N)ncnc54)nn3)[C@H](OC)C2)CC(=O)[C@H](C)/C=C(\C)[C@@H](O)[C@@H](OC)C(=O)[C@H](C)C[C@H](C)/C=C/C=C/C=C/1C. The Morgan fingerprint density at radius 2 is 1.48 bits per heavy atom. The van der Waals surface area contributed by atoms with Gasteiger partial charge in [-0.15, -0.1) is 5.10 Å². The van der Waals surface area contributed by atoms with Crippen molar-refractivity contribution in [3.8, 4) is 11.3 Å². The number of esters is 1. The summed E-state index contributed by atoms with van der Waals surface area (Å²) in [6, 6.07) is 4.37. The highest BCUT2D eigenvalue weighted by Crippen LogP contribution is 2.40. The van der Waals surface area contributed by atoms with Gasteiger partial charge in [0, 0.05) is 116 Å². The first-order valence-corrected chi connectivity index (χ1v) is 43.8. The van der Waals surface area contributed by atoms with Gasteiger partial charge < -0.3 is 89.0 Å². The summed E-state index contributed by atoms with van der Waals surface area (Å²) < 4.78 is 68.5. The number of piperidine rings is 1. The molecule has 2 saturated heterocycles.